The number of hydrogen-bond donors (Lipinski definition) is 0. The highest BCUT2D eigenvalue weighted by Gasteiger charge is 2.07. The summed E-state index contributed by atoms with van der Waals surface area (Å²) in [6.07, 6.45) is 0. The normalized spacial score (nSPS) is 9.90. The number of ether oxygens (including phenoxy) is 1. The van der Waals surface area contributed by atoms with Crippen LogP contribution in [0.2, 0.25) is 10.0 Å². The molecule has 2 aromatic carbocycles. The van der Waals surface area contributed by atoms with Crippen molar-refractivity contribution in [1.82, 2.24) is 0 Å². The van der Waals surface area contributed by atoms with Gasteiger partial charge >= 0.3 is 0 Å². The first kappa shape index (κ1) is 16.0. The van der Waals surface area contributed by atoms with Crippen LogP contribution in [0.1, 0.15) is 11.1 Å². The summed E-state index contributed by atoms with van der Waals surface area (Å²) >= 11 is 17.5. The van der Waals surface area contributed by atoms with Gasteiger partial charge in [0.1, 0.15) is 18.2 Å². The number of rotatable bonds is 3. The maximum atomic E-state index is 13.3. The molecule has 2 aromatic rings. The van der Waals surface area contributed by atoms with Crippen molar-refractivity contribution in [2.24, 2.45) is 0 Å². The number of alkyl halides is 1. The topological polar surface area (TPSA) is 9.23 Å². The van der Waals surface area contributed by atoms with Crippen LogP contribution < -0.4 is 4.74 Å². The van der Waals surface area contributed by atoms with Crippen molar-refractivity contribution >= 4 is 34.8 Å². The Kier molecular flexibility index (Phi) is 5.76. The monoisotopic (exact) mass is 342 g/mol. The van der Waals surface area contributed by atoms with E-state index in [4.69, 9.17) is 39.5 Å². The van der Waals surface area contributed by atoms with E-state index in [0.29, 0.717) is 21.4 Å². The van der Waals surface area contributed by atoms with Crippen LogP contribution in [-0.2, 0) is 6.61 Å². The molecule has 5 heteroatoms. The molecule has 0 aromatic heterocycles. The third-order valence-electron chi connectivity index (χ3n) is 2.65. The van der Waals surface area contributed by atoms with Crippen molar-refractivity contribution in [2.45, 2.75) is 6.61 Å². The Morgan fingerprint density at radius 3 is 2.71 bits per heavy atom. The molecule has 0 saturated heterocycles. The zero-order chi connectivity index (χ0) is 15.2. The molecule has 0 bridgehead atoms. The quantitative estimate of drug-likeness (QED) is 0.542. The van der Waals surface area contributed by atoms with Crippen LogP contribution >= 0.6 is 34.8 Å². The van der Waals surface area contributed by atoms with Crippen LogP contribution in [0.15, 0.2) is 36.4 Å². The van der Waals surface area contributed by atoms with Gasteiger partial charge in [-0.05, 0) is 24.3 Å². The van der Waals surface area contributed by atoms with Crippen molar-refractivity contribution < 1.29 is 9.13 Å². The summed E-state index contributed by atoms with van der Waals surface area (Å²) in [7, 11) is 0. The summed E-state index contributed by atoms with van der Waals surface area (Å²) in [5, 5.41) is 0.897. The van der Waals surface area contributed by atoms with Crippen molar-refractivity contribution in [3.8, 4) is 17.6 Å². The van der Waals surface area contributed by atoms with Crippen molar-refractivity contribution in [1.29, 1.82) is 0 Å². The molecule has 0 aliphatic carbocycles. The lowest BCUT2D eigenvalue weighted by atomic mass is 10.2. The first-order chi connectivity index (χ1) is 10.1. The molecule has 0 saturated carbocycles. The average Bonchev–Trinajstić information content (AvgIpc) is 2.48. The third-order valence-corrected chi connectivity index (χ3v) is 3.64. The lowest BCUT2D eigenvalue weighted by Crippen LogP contribution is -1.99. The zero-order valence-corrected chi connectivity index (χ0v) is 13.1. The van der Waals surface area contributed by atoms with Gasteiger partial charge in [-0.25, -0.2) is 4.39 Å². The van der Waals surface area contributed by atoms with Gasteiger partial charge in [0.15, 0.2) is 0 Å². The van der Waals surface area contributed by atoms with Crippen LogP contribution in [0.3, 0.4) is 0 Å². The Labute approximate surface area is 137 Å². The smallest absolute Gasteiger partial charge is 0.135 e. The Morgan fingerprint density at radius 2 is 1.95 bits per heavy atom. The van der Waals surface area contributed by atoms with Crippen LogP contribution in [-0.4, -0.2) is 5.88 Å². The molecule has 108 valence electrons. The molecule has 1 nitrogen and oxygen atoms in total. The van der Waals surface area contributed by atoms with Crippen molar-refractivity contribution in [3.05, 3.63) is 63.4 Å². The first-order valence-electron chi connectivity index (χ1n) is 6.02. The van der Waals surface area contributed by atoms with Gasteiger partial charge in [0.05, 0.1) is 21.5 Å². The van der Waals surface area contributed by atoms with Gasteiger partial charge < -0.3 is 4.74 Å². The van der Waals surface area contributed by atoms with E-state index < -0.39 is 0 Å². The van der Waals surface area contributed by atoms with Gasteiger partial charge in [-0.3, -0.25) is 0 Å². The number of hydrogen-bond acceptors (Lipinski definition) is 1. The van der Waals surface area contributed by atoms with E-state index in [1.54, 1.807) is 12.1 Å². The van der Waals surface area contributed by atoms with E-state index in [9.17, 15) is 4.39 Å². The lowest BCUT2D eigenvalue weighted by molar-refractivity contribution is 0.305. The molecule has 0 unspecified atom stereocenters. The highest BCUT2D eigenvalue weighted by molar-refractivity contribution is 6.42. The molecule has 0 radical (unpaired) electrons. The Hall–Kier alpha value is -1.40. The van der Waals surface area contributed by atoms with E-state index in [-0.39, 0.29) is 18.3 Å². The predicted molar refractivity (Wildman–Crippen MR) is 84.8 cm³/mol. The third kappa shape index (κ3) is 4.28. The number of halogens is 4. The highest BCUT2D eigenvalue weighted by Crippen LogP contribution is 2.27. The van der Waals surface area contributed by atoms with Gasteiger partial charge in [0.2, 0.25) is 0 Å². The fraction of sp³-hybridized carbons (Fsp3) is 0.125. The summed E-state index contributed by atoms with van der Waals surface area (Å²) in [6, 6.07) is 9.41. The predicted octanol–water partition coefficient (Wildman–Crippen LogP) is 5.30. The molecule has 0 atom stereocenters. The fourth-order valence-electron chi connectivity index (χ4n) is 1.67. The molecule has 0 N–H and O–H groups in total. The number of benzene rings is 2. The Balaban J connectivity index is 2.22. The van der Waals surface area contributed by atoms with E-state index in [0.717, 1.165) is 5.56 Å². The average molecular weight is 344 g/mol. The molecule has 0 amide bonds. The Morgan fingerprint density at radius 1 is 1.14 bits per heavy atom. The van der Waals surface area contributed by atoms with Crippen molar-refractivity contribution in [3.63, 3.8) is 0 Å². The molecule has 21 heavy (non-hydrogen) atoms. The van der Waals surface area contributed by atoms with Gasteiger partial charge in [-0.2, -0.15) is 0 Å². The molecule has 2 rings (SSSR count). The summed E-state index contributed by atoms with van der Waals surface area (Å²) in [4.78, 5) is 0. The summed E-state index contributed by atoms with van der Waals surface area (Å²) < 4.78 is 18.9. The maximum Gasteiger partial charge on any atom is 0.135 e. The summed E-state index contributed by atoms with van der Waals surface area (Å²) in [5.74, 6) is 5.67. The molecule has 0 heterocycles. The van der Waals surface area contributed by atoms with E-state index in [2.05, 4.69) is 11.8 Å². The van der Waals surface area contributed by atoms with Crippen LogP contribution in [0, 0.1) is 17.7 Å². The van der Waals surface area contributed by atoms with E-state index >= 15 is 0 Å². The van der Waals surface area contributed by atoms with Crippen LogP contribution in [0.25, 0.3) is 0 Å². The van der Waals surface area contributed by atoms with Gasteiger partial charge in [-0.15, -0.1) is 11.6 Å². The SMILES string of the molecule is Fc1ccc(OCc2cccc(Cl)c2Cl)c(C#CCCl)c1. The van der Waals surface area contributed by atoms with Gasteiger partial charge in [0.25, 0.3) is 0 Å². The van der Waals surface area contributed by atoms with Gasteiger partial charge in [0, 0.05) is 5.56 Å². The van der Waals surface area contributed by atoms with Crippen LogP contribution in [0.4, 0.5) is 4.39 Å². The molecule has 0 aliphatic heterocycles. The van der Waals surface area contributed by atoms with Crippen molar-refractivity contribution in [2.75, 3.05) is 5.88 Å². The minimum Gasteiger partial charge on any atom is -0.488 e. The molecular weight excluding hydrogens is 334 g/mol. The second kappa shape index (κ2) is 7.56. The second-order valence-electron chi connectivity index (χ2n) is 4.08. The highest BCUT2D eigenvalue weighted by atomic mass is 35.5. The maximum absolute atomic E-state index is 13.3. The lowest BCUT2D eigenvalue weighted by Gasteiger charge is -2.10. The van der Waals surface area contributed by atoms with Gasteiger partial charge in [-0.1, -0.05) is 47.2 Å². The first-order valence-corrected chi connectivity index (χ1v) is 7.31. The largest absolute Gasteiger partial charge is 0.488 e. The van der Waals surface area contributed by atoms with E-state index in [1.165, 1.54) is 18.2 Å². The summed E-state index contributed by atoms with van der Waals surface area (Å²) in [6.45, 7) is 0.209. The fourth-order valence-corrected chi connectivity index (χ4v) is 2.11. The molecule has 0 spiro atoms. The molecule has 0 fully saturated rings. The van der Waals surface area contributed by atoms with E-state index in [1.807, 2.05) is 6.07 Å². The summed E-state index contributed by atoms with van der Waals surface area (Å²) in [5.41, 5.74) is 1.18. The standard InChI is InChI=1S/C16H10Cl3FO/c17-8-2-4-11-9-13(20)6-7-15(11)21-10-12-3-1-5-14(18)16(12)19/h1,3,5-7,9H,8,10H2. The van der Waals surface area contributed by atoms with Crippen LogP contribution in [0.5, 0.6) is 5.75 Å². The molecular formula is C16H10Cl3FO. The minimum absolute atomic E-state index is 0.163. The molecule has 0 aliphatic rings. The minimum atomic E-state index is -0.387. The Bertz CT molecular complexity index is 704. The second-order valence-corrected chi connectivity index (χ2v) is 5.13. The zero-order valence-electron chi connectivity index (χ0n) is 10.8.